The second-order valence-corrected chi connectivity index (χ2v) is 8.52. The molecule has 6 nitrogen and oxygen atoms in total. The number of rotatable bonds is 8. The minimum atomic E-state index is -0.320. The monoisotopic (exact) mass is 500 g/mol. The van der Waals surface area contributed by atoms with E-state index in [2.05, 4.69) is 10.6 Å². The van der Waals surface area contributed by atoms with Gasteiger partial charge in [-0.15, -0.1) is 0 Å². The van der Waals surface area contributed by atoms with E-state index in [-0.39, 0.29) is 11.8 Å². The minimum Gasteiger partial charge on any atom is -0.493 e. The molecule has 0 saturated carbocycles. The third-order valence-corrected chi connectivity index (χ3v) is 5.75. The number of aryl methyl sites for hydroxylation is 1. The molecule has 0 unspecified atom stereocenters. The van der Waals surface area contributed by atoms with Gasteiger partial charge in [0.15, 0.2) is 11.5 Å². The molecule has 2 amide bonds. The maximum absolute atomic E-state index is 12.9. The molecular formula is C29H25ClN2O4. The van der Waals surface area contributed by atoms with Crippen LogP contribution >= 0.6 is 11.6 Å². The first kappa shape index (κ1) is 24.8. The third-order valence-electron chi connectivity index (χ3n) is 5.50. The van der Waals surface area contributed by atoms with Crippen LogP contribution in [0.4, 0.5) is 11.4 Å². The van der Waals surface area contributed by atoms with Gasteiger partial charge in [-0.3, -0.25) is 9.59 Å². The fourth-order valence-corrected chi connectivity index (χ4v) is 3.70. The van der Waals surface area contributed by atoms with Gasteiger partial charge >= 0.3 is 0 Å². The molecule has 0 fully saturated rings. The molecule has 0 aromatic heterocycles. The van der Waals surface area contributed by atoms with Crippen molar-refractivity contribution in [2.45, 2.75) is 13.5 Å². The van der Waals surface area contributed by atoms with Crippen molar-refractivity contribution in [1.82, 2.24) is 0 Å². The van der Waals surface area contributed by atoms with Gasteiger partial charge in [-0.2, -0.15) is 0 Å². The van der Waals surface area contributed by atoms with Gasteiger partial charge in [-0.25, -0.2) is 0 Å². The molecule has 4 rings (SSSR count). The zero-order valence-corrected chi connectivity index (χ0v) is 20.6. The highest BCUT2D eigenvalue weighted by Crippen LogP contribution is 2.29. The summed E-state index contributed by atoms with van der Waals surface area (Å²) in [6, 6.07) is 26.7. The number of methoxy groups -OCH3 is 1. The number of amides is 2. The van der Waals surface area contributed by atoms with E-state index in [0.717, 1.165) is 11.1 Å². The number of halogens is 1. The number of nitrogens with one attached hydrogen (secondary N) is 2. The van der Waals surface area contributed by atoms with Gasteiger partial charge in [0.2, 0.25) is 0 Å². The predicted molar refractivity (Wildman–Crippen MR) is 142 cm³/mol. The summed E-state index contributed by atoms with van der Waals surface area (Å²) in [7, 11) is 1.52. The molecule has 182 valence electrons. The van der Waals surface area contributed by atoms with Crippen molar-refractivity contribution < 1.29 is 19.1 Å². The fraction of sp³-hybridized carbons (Fsp3) is 0.103. The second-order valence-electron chi connectivity index (χ2n) is 8.08. The van der Waals surface area contributed by atoms with E-state index in [1.807, 2.05) is 37.3 Å². The highest BCUT2D eigenvalue weighted by atomic mass is 35.5. The summed E-state index contributed by atoms with van der Waals surface area (Å²) in [6.45, 7) is 2.22. The van der Waals surface area contributed by atoms with E-state index in [9.17, 15) is 9.59 Å². The van der Waals surface area contributed by atoms with Crippen LogP contribution in [0.2, 0.25) is 5.02 Å². The Bertz CT molecular complexity index is 1390. The van der Waals surface area contributed by atoms with Crippen LogP contribution in [0.5, 0.6) is 11.5 Å². The lowest BCUT2D eigenvalue weighted by Crippen LogP contribution is -2.15. The number of carbonyl (C=O) groups is 2. The lowest BCUT2D eigenvalue weighted by molar-refractivity contribution is 0.101. The van der Waals surface area contributed by atoms with Crippen LogP contribution in [0.25, 0.3) is 0 Å². The third kappa shape index (κ3) is 6.23. The standard InChI is InChI=1S/C29H25ClN2O4/c1-19-6-3-4-9-25(19)29(34)32-24-8-5-7-23(17-24)31-28(33)21-12-15-26(27(16-21)35-2)36-18-20-10-13-22(30)14-11-20/h3-17H,18H2,1-2H3,(H,31,33)(H,32,34). The van der Waals surface area contributed by atoms with Gasteiger partial charge in [0.25, 0.3) is 11.8 Å². The van der Waals surface area contributed by atoms with E-state index in [1.165, 1.54) is 7.11 Å². The molecule has 0 atom stereocenters. The number of hydrogen-bond donors (Lipinski definition) is 2. The summed E-state index contributed by atoms with van der Waals surface area (Å²) in [5.41, 5.74) is 3.96. The van der Waals surface area contributed by atoms with Crippen LogP contribution in [-0.4, -0.2) is 18.9 Å². The SMILES string of the molecule is COc1cc(C(=O)Nc2cccc(NC(=O)c3ccccc3C)c2)ccc1OCc1ccc(Cl)cc1. The number of benzene rings is 4. The topological polar surface area (TPSA) is 76.7 Å². The van der Waals surface area contributed by atoms with E-state index in [4.69, 9.17) is 21.1 Å². The Kier molecular flexibility index (Phi) is 7.88. The van der Waals surface area contributed by atoms with Crippen molar-refractivity contribution in [3.63, 3.8) is 0 Å². The Balaban J connectivity index is 1.42. The first-order chi connectivity index (χ1) is 17.4. The van der Waals surface area contributed by atoms with Gasteiger partial charge < -0.3 is 20.1 Å². The van der Waals surface area contributed by atoms with Crippen molar-refractivity contribution in [1.29, 1.82) is 0 Å². The molecule has 0 aliphatic carbocycles. The lowest BCUT2D eigenvalue weighted by Gasteiger charge is -2.13. The van der Waals surface area contributed by atoms with Gasteiger partial charge in [0.05, 0.1) is 7.11 Å². The molecule has 36 heavy (non-hydrogen) atoms. The molecule has 4 aromatic carbocycles. The maximum Gasteiger partial charge on any atom is 0.255 e. The normalized spacial score (nSPS) is 10.4. The summed E-state index contributed by atoms with van der Waals surface area (Å²) < 4.78 is 11.3. The molecular weight excluding hydrogens is 476 g/mol. The molecule has 0 aliphatic heterocycles. The van der Waals surface area contributed by atoms with E-state index < -0.39 is 0 Å². The molecule has 0 aliphatic rings. The second kappa shape index (κ2) is 11.4. The number of anilines is 2. The Labute approximate surface area is 214 Å². The molecule has 4 aromatic rings. The highest BCUT2D eigenvalue weighted by Gasteiger charge is 2.13. The molecule has 0 radical (unpaired) electrons. The Morgan fingerprint density at radius 3 is 2.17 bits per heavy atom. The van der Waals surface area contributed by atoms with Gasteiger partial charge in [-0.05, 0) is 72.6 Å². The molecule has 2 N–H and O–H groups in total. The zero-order chi connectivity index (χ0) is 25.5. The van der Waals surface area contributed by atoms with Crippen LogP contribution in [0.3, 0.4) is 0 Å². The first-order valence-electron chi connectivity index (χ1n) is 11.3. The fourth-order valence-electron chi connectivity index (χ4n) is 3.57. The largest absolute Gasteiger partial charge is 0.493 e. The van der Waals surface area contributed by atoms with Gasteiger partial charge in [-0.1, -0.05) is 48.0 Å². The molecule has 0 saturated heterocycles. The van der Waals surface area contributed by atoms with Crippen molar-refractivity contribution >= 4 is 34.8 Å². The van der Waals surface area contributed by atoms with Gasteiger partial charge in [0.1, 0.15) is 6.61 Å². The van der Waals surface area contributed by atoms with Crippen LogP contribution in [0.1, 0.15) is 31.8 Å². The average molecular weight is 501 g/mol. The Hall–Kier alpha value is -4.29. The van der Waals surface area contributed by atoms with Crippen molar-refractivity contribution in [3.05, 3.63) is 118 Å². The lowest BCUT2D eigenvalue weighted by atomic mass is 10.1. The summed E-state index contributed by atoms with van der Waals surface area (Å²) in [5, 5.41) is 6.39. The summed E-state index contributed by atoms with van der Waals surface area (Å²) in [5.74, 6) is 0.427. The number of carbonyl (C=O) groups excluding carboxylic acids is 2. The Morgan fingerprint density at radius 1 is 0.778 bits per heavy atom. The van der Waals surface area contributed by atoms with Crippen molar-refractivity contribution in [2.24, 2.45) is 0 Å². The molecule has 0 spiro atoms. The molecule has 7 heteroatoms. The highest BCUT2D eigenvalue weighted by molar-refractivity contribution is 6.30. The van der Waals surface area contributed by atoms with E-state index in [0.29, 0.717) is 45.6 Å². The maximum atomic E-state index is 12.9. The summed E-state index contributed by atoms with van der Waals surface area (Å²) in [4.78, 5) is 25.5. The summed E-state index contributed by atoms with van der Waals surface area (Å²) in [6.07, 6.45) is 0. The Morgan fingerprint density at radius 2 is 1.47 bits per heavy atom. The van der Waals surface area contributed by atoms with E-state index >= 15 is 0 Å². The van der Waals surface area contributed by atoms with Crippen LogP contribution in [0, 0.1) is 6.92 Å². The first-order valence-corrected chi connectivity index (χ1v) is 11.6. The predicted octanol–water partition coefficient (Wildman–Crippen LogP) is 6.74. The van der Waals surface area contributed by atoms with Crippen molar-refractivity contribution in [2.75, 3.05) is 17.7 Å². The number of hydrogen-bond acceptors (Lipinski definition) is 4. The average Bonchev–Trinajstić information content (AvgIpc) is 2.88. The van der Waals surface area contributed by atoms with Crippen LogP contribution in [0.15, 0.2) is 91.0 Å². The van der Waals surface area contributed by atoms with Crippen molar-refractivity contribution in [3.8, 4) is 11.5 Å². The number of ether oxygens (including phenoxy) is 2. The van der Waals surface area contributed by atoms with E-state index in [1.54, 1.807) is 60.7 Å². The molecule has 0 bridgehead atoms. The molecule has 0 heterocycles. The summed E-state index contributed by atoms with van der Waals surface area (Å²) >= 11 is 5.93. The van der Waals surface area contributed by atoms with Crippen LogP contribution in [-0.2, 0) is 6.61 Å². The quantitative estimate of drug-likeness (QED) is 0.281. The van der Waals surface area contributed by atoms with Gasteiger partial charge in [0, 0.05) is 27.5 Å². The smallest absolute Gasteiger partial charge is 0.255 e. The minimum absolute atomic E-state index is 0.212. The zero-order valence-electron chi connectivity index (χ0n) is 19.9. The van der Waals surface area contributed by atoms with Crippen LogP contribution < -0.4 is 20.1 Å².